The summed E-state index contributed by atoms with van der Waals surface area (Å²) in [4.78, 5) is 24.2. The lowest BCUT2D eigenvalue weighted by atomic mass is 10.1. The van der Waals surface area contributed by atoms with Crippen LogP contribution in [0.3, 0.4) is 0 Å². The molecule has 3 N–H and O–H groups in total. The highest BCUT2D eigenvalue weighted by atomic mass is 35.5. The van der Waals surface area contributed by atoms with Crippen molar-refractivity contribution < 1.29 is 18.0 Å². The minimum Gasteiger partial charge on any atom is -0.348 e. The van der Waals surface area contributed by atoms with E-state index < -0.39 is 15.9 Å². The second-order valence-corrected chi connectivity index (χ2v) is 9.25. The molecule has 7 nitrogen and oxygen atoms in total. The maximum atomic E-state index is 12.2. The van der Waals surface area contributed by atoms with E-state index in [0.717, 1.165) is 5.56 Å². The molecule has 1 aliphatic rings. The van der Waals surface area contributed by atoms with Gasteiger partial charge in [0.25, 0.3) is 5.91 Å². The highest BCUT2D eigenvalue weighted by molar-refractivity contribution is 7.91. The smallest absolute Gasteiger partial charge is 0.319 e. The first-order valence-electron chi connectivity index (χ1n) is 8.71. The molecule has 0 aliphatic carbocycles. The zero-order valence-corrected chi connectivity index (χ0v) is 16.5. The first kappa shape index (κ1) is 20.2. The van der Waals surface area contributed by atoms with Crippen LogP contribution in [0, 0.1) is 0 Å². The van der Waals surface area contributed by atoms with Gasteiger partial charge >= 0.3 is 6.03 Å². The van der Waals surface area contributed by atoms with E-state index >= 15 is 0 Å². The van der Waals surface area contributed by atoms with Crippen LogP contribution in [0.4, 0.5) is 10.5 Å². The lowest BCUT2D eigenvalue weighted by molar-refractivity contribution is 0.0951. The van der Waals surface area contributed by atoms with Crippen LogP contribution in [-0.4, -0.2) is 37.9 Å². The van der Waals surface area contributed by atoms with Crippen LogP contribution in [-0.2, 0) is 16.4 Å². The fourth-order valence-electron chi connectivity index (χ4n) is 2.85. The van der Waals surface area contributed by atoms with Gasteiger partial charge in [-0.1, -0.05) is 23.7 Å². The Kier molecular flexibility index (Phi) is 6.21. The van der Waals surface area contributed by atoms with Gasteiger partial charge in [-0.15, -0.1) is 0 Å². The average Bonchev–Trinajstić information content (AvgIpc) is 2.99. The normalized spacial score (nSPS) is 17.7. The van der Waals surface area contributed by atoms with Crippen LogP contribution >= 0.6 is 11.6 Å². The van der Waals surface area contributed by atoms with Crippen LogP contribution in [0.15, 0.2) is 48.5 Å². The molecule has 0 radical (unpaired) electrons. The van der Waals surface area contributed by atoms with Gasteiger partial charge in [0.1, 0.15) is 0 Å². The summed E-state index contributed by atoms with van der Waals surface area (Å²) in [6, 6.07) is 12.8. The van der Waals surface area contributed by atoms with Gasteiger partial charge in [0, 0.05) is 28.9 Å². The highest BCUT2D eigenvalue weighted by Crippen LogP contribution is 2.13. The number of urea groups is 1. The minimum absolute atomic E-state index is 0.0346. The topological polar surface area (TPSA) is 104 Å². The quantitative estimate of drug-likeness (QED) is 0.690. The Morgan fingerprint density at radius 3 is 2.32 bits per heavy atom. The maximum Gasteiger partial charge on any atom is 0.319 e. The Morgan fingerprint density at radius 1 is 1.04 bits per heavy atom. The summed E-state index contributed by atoms with van der Waals surface area (Å²) in [7, 11) is -3.05. The van der Waals surface area contributed by atoms with Crippen LogP contribution in [0.2, 0.25) is 5.02 Å². The second kappa shape index (κ2) is 8.62. The van der Waals surface area contributed by atoms with Crippen LogP contribution in [0.5, 0.6) is 0 Å². The molecule has 0 bridgehead atoms. The number of benzene rings is 2. The molecule has 28 heavy (non-hydrogen) atoms. The lowest BCUT2D eigenvalue weighted by Crippen LogP contribution is -2.38. The van der Waals surface area contributed by atoms with Gasteiger partial charge < -0.3 is 16.0 Å². The van der Waals surface area contributed by atoms with E-state index in [-0.39, 0.29) is 23.5 Å². The van der Waals surface area contributed by atoms with E-state index in [1.54, 1.807) is 36.4 Å². The van der Waals surface area contributed by atoms with E-state index in [0.29, 0.717) is 29.2 Å². The second-order valence-electron chi connectivity index (χ2n) is 6.58. The highest BCUT2D eigenvalue weighted by Gasteiger charge is 2.28. The Labute approximate surface area is 168 Å². The third-order valence-electron chi connectivity index (χ3n) is 4.34. The van der Waals surface area contributed by atoms with Gasteiger partial charge in [-0.2, -0.15) is 0 Å². The van der Waals surface area contributed by atoms with Crippen molar-refractivity contribution in [1.29, 1.82) is 0 Å². The molecular formula is C19H20ClN3O4S. The van der Waals surface area contributed by atoms with Gasteiger partial charge in [-0.05, 0) is 48.4 Å². The van der Waals surface area contributed by atoms with Crippen LogP contribution in [0.1, 0.15) is 22.3 Å². The van der Waals surface area contributed by atoms with E-state index in [9.17, 15) is 18.0 Å². The number of hydrogen-bond acceptors (Lipinski definition) is 4. The zero-order chi connectivity index (χ0) is 20.1. The zero-order valence-electron chi connectivity index (χ0n) is 14.9. The van der Waals surface area contributed by atoms with Gasteiger partial charge in [0.05, 0.1) is 11.5 Å². The van der Waals surface area contributed by atoms with E-state index in [1.165, 1.54) is 0 Å². The predicted molar refractivity (Wildman–Crippen MR) is 108 cm³/mol. The summed E-state index contributed by atoms with van der Waals surface area (Å²) in [5.74, 6) is -0.174. The van der Waals surface area contributed by atoms with Crippen LogP contribution < -0.4 is 16.0 Å². The van der Waals surface area contributed by atoms with Crippen LogP contribution in [0.25, 0.3) is 0 Å². The number of amides is 3. The Hall–Kier alpha value is -2.58. The molecule has 9 heteroatoms. The number of sulfone groups is 1. The molecule has 1 aliphatic heterocycles. The number of halogens is 1. The van der Waals surface area contributed by atoms with Crippen molar-refractivity contribution in [2.24, 2.45) is 0 Å². The molecule has 2 aromatic carbocycles. The number of carbonyl (C=O) groups is 2. The third-order valence-corrected chi connectivity index (χ3v) is 6.36. The number of hydrogen-bond donors (Lipinski definition) is 3. The maximum absolute atomic E-state index is 12.2. The summed E-state index contributed by atoms with van der Waals surface area (Å²) in [5, 5.41) is 8.73. The third kappa shape index (κ3) is 5.71. The average molecular weight is 422 g/mol. The van der Waals surface area contributed by atoms with Crippen molar-refractivity contribution in [2.75, 3.05) is 16.8 Å². The van der Waals surface area contributed by atoms with Gasteiger partial charge in [0.2, 0.25) is 0 Å². The Balaban J connectivity index is 1.49. The Morgan fingerprint density at radius 2 is 1.71 bits per heavy atom. The first-order valence-corrected chi connectivity index (χ1v) is 10.9. The summed E-state index contributed by atoms with van der Waals surface area (Å²) in [6.45, 7) is 0.378. The molecule has 3 rings (SSSR count). The minimum atomic E-state index is -3.05. The molecule has 1 atom stereocenters. The van der Waals surface area contributed by atoms with Gasteiger partial charge in [-0.3, -0.25) is 4.79 Å². The summed E-state index contributed by atoms with van der Waals surface area (Å²) >= 11 is 5.83. The monoisotopic (exact) mass is 421 g/mol. The number of anilines is 1. The number of nitrogens with one attached hydrogen (secondary N) is 3. The molecule has 3 amide bonds. The molecule has 1 heterocycles. The molecule has 0 unspecified atom stereocenters. The van der Waals surface area contributed by atoms with Crippen molar-refractivity contribution in [3.8, 4) is 0 Å². The first-order chi connectivity index (χ1) is 13.3. The molecule has 0 saturated carbocycles. The molecule has 0 spiro atoms. The summed E-state index contributed by atoms with van der Waals surface area (Å²) in [6.07, 6.45) is 0.419. The standard InChI is InChI=1S/C19H20ClN3O4S/c20-15-5-1-13(2-6-15)11-21-18(24)14-3-7-16(8-4-14)22-19(25)23-17-9-10-28(26,27)12-17/h1-8,17H,9-12H2,(H,21,24)(H2,22,23,25)/t17-/m0/s1. The molecule has 2 aromatic rings. The predicted octanol–water partition coefficient (Wildman–Crippen LogP) is 2.58. The van der Waals surface area contributed by atoms with Crippen molar-refractivity contribution >= 4 is 39.1 Å². The number of rotatable bonds is 5. The molecule has 1 saturated heterocycles. The largest absolute Gasteiger partial charge is 0.348 e. The van der Waals surface area contributed by atoms with E-state index in [4.69, 9.17) is 11.6 Å². The number of carbonyl (C=O) groups excluding carboxylic acids is 2. The van der Waals surface area contributed by atoms with E-state index in [2.05, 4.69) is 16.0 Å². The van der Waals surface area contributed by atoms with Crippen molar-refractivity contribution in [2.45, 2.75) is 19.0 Å². The van der Waals surface area contributed by atoms with Crippen molar-refractivity contribution in [3.05, 3.63) is 64.7 Å². The molecular weight excluding hydrogens is 402 g/mol. The summed E-state index contributed by atoms with van der Waals surface area (Å²) in [5.41, 5.74) is 1.90. The molecule has 1 fully saturated rings. The summed E-state index contributed by atoms with van der Waals surface area (Å²) < 4.78 is 22.9. The van der Waals surface area contributed by atoms with Gasteiger partial charge in [0.15, 0.2) is 9.84 Å². The van der Waals surface area contributed by atoms with E-state index in [1.807, 2.05) is 12.1 Å². The fourth-order valence-corrected chi connectivity index (χ4v) is 4.65. The van der Waals surface area contributed by atoms with Crippen molar-refractivity contribution in [3.63, 3.8) is 0 Å². The SMILES string of the molecule is O=C(Nc1ccc(C(=O)NCc2ccc(Cl)cc2)cc1)N[C@H]1CCS(=O)(=O)C1. The van der Waals surface area contributed by atoms with Crippen molar-refractivity contribution in [1.82, 2.24) is 10.6 Å². The lowest BCUT2D eigenvalue weighted by Gasteiger charge is -2.12. The van der Waals surface area contributed by atoms with Gasteiger partial charge in [-0.25, -0.2) is 13.2 Å². The molecule has 0 aromatic heterocycles. The fraction of sp³-hybridized carbons (Fsp3) is 0.263. The molecule has 148 valence electrons. The Bertz CT molecular complexity index is 960.